The fraction of sp³-hybridized carbons (Fsp3) is 0.304. The summed E-state index contributed by atoms with van der Waals surface area (Å²) in [7, 11) is 1.46. The number of fused-ring (bicyclic) bond motifs is 1. The Morgan fingerprint density at radius 1 is 1.18 bits per heavy atom. The molecule has 7 nitrogen and oxygen atoms in total. The highest BCUT2D eigenvalue weighted by Crippen LogP contribution is 2.39. The van der Waals surface area contributed by atoms with Gasteiger partial charge in [-0.15, -0.1) is 0 Å². The van der Waals surface area contributed by atoms with Gasteiger partial charge in [-0.05, 0) is 35.7 Å². The number of H-pyrrole nitrogens is 1. The number of methoxy groups -OCH3 is 1. The molecule has 0 aliphatic carbocycles. The third kappa shape index (κ3) is 4.80. The molecule has 1 atom stereocenters. The van der Waals surface area contributed by atoms with Crippen molar-refractivity contribution < 1.29 is 32.5 Å². The third-order valence-electron chi connectivity index (χ3n) is 5.54. The quantitative estimate of drug-likeness (QED) is 0.494. The highest BCUT2D eigenvalue weighted by atomic mass is 19.4. The Balaban J connectivity index is 1.58. The van der Waals surface area contributed by atoms with E-state index in [1.165, 1.54) is 19.2 Å². The topological polar surface area (TPSA) is 96.5 Å². The van der Waals surface area contributed by atoms with Gasteiger partial charge in [-0.25, -0.2) is 0 Å². The number of nitrogens with zero attached hydrogens (tertiary/aromatic N) is 1. The zero-order valence-electron chi connectivity index (χ0n) is 17.7. The number of aliphatic hydroxyl groups excluding tert-OH is 1. The van der Waals surface area contributed by atoms with Crippen molar-refractivity contribution in [2.75, 3.05) is 19.0 Å². The number of halogens is 3. The molecule has 4 rings (SSSR count). The molecule has 174 valence electrons. The lowest BCUT2D eigenvalue weighted by atomic mass is 9.87. The number of aromatic amines is 1. The number of hydrogen-bond acceptors (Lipinski definition) is 5. The molecule has 3 aromatic rings. The molecule has 33 heavy (non-hydrogen) atoms. The smallest absolute Gasteiger partial charge is 0.419 e. The minimum absolute atomic E-state index is 0.121. The predicted molar refractivity (Wildman–Crippen MR) is 113 cm³/mol. The number of benzene rings is 2. The average Bonchev–Trinajstić information content (AvgIpc) is 3.25. The van der Waals surface area contributed by atoms with Crippen LogP contribution in [0.5, 0.6) is 11.5 Å². The number of anilines is 1. The van der Waals surface area contributed by atoms with Crippen LogP contribution in [0.15, 0.2) is 42.6 Å². The highest BCUT2D eigenvalue weighted by Gasteiger charge is 2.35. The first-order chi connectivity index (χ1) is 15.8. The van der Waals surface area contributed by atoms with E-state index in [1.54, 1.807) is 24.4 Å². The lowest BCUT2D eigenvalue weighted by Crippen LogP contribution is -2.23. The zero-order valence-corrected chi connectivity index (χ0v) is 17.7. The maximum absolute atomic E-state index is 13.5. The molecular weight excluding hydrogens is 439 g/mol. The second kappa shape index (κ2) is 9.14. The van der Waals surface area contributed by atoms with E-state index in [-0.39, 0.29) is 43.6 Å². The predicted octanol–water partition coefficient (Wildman–Crippen LogP) is 4.03. The SMILES string of the molecule is COc1cc(C2CC(=O)Nc3[nH]ncc32)ccc1COc1ccc(CCO)cc1C(F)(F)F. The normalized spacial score (nSPS) is 15.7. The maximum Gasteiger partial charge on any atom is 0.419 e. The van der Waals surface area contributed by atoms with Gasteiger partial charge in [-0.1, -0.05) is 18.2 Å². The molecule has 0 fully saturated rings. The first-order valence-electron chi connectivity index (χ1n) is 10.2. The molecule has 1 amide bonds. The molecule has 1 unspecified atom stereocenters. The van der Waals surface area contributed by atoms with E-state index in [0.29, 0.717) is 22.7 Å². The van der Waals surface area contributed by atoms with E-state index in [1.807, 2.05) is 0 Å². The van der Waals surface area contributed by atoms with Crippen LogP contribution in [0.2, 0.25) is 0 Å². The summed E-state index contributed by atoms with van der Waals surface area (Å²) in [4.78, 5) is 12.1. The van der Waals surface area contributed by atoms with Crippen LogP contribution in [0.4, 0.5) is 19.0 Å². The van der Waals surface area contributed by atoms with Gasteiger partial charge in [0, 0.05) is 30.1 Å². The molecule has 1 aromatic heterocycles. The Morgan fingerprint density at radius 2 is 2.00 bits per heavy atom. The number of carbonyl (C=O) groups is 1. The molecule has 10 heteroatoms. The number of nitrogens with one attached hydrogen (secondary N) is 2. The summed E-state index contributed by atoms with van der Waals surface area (Å²) in [6.07, 6.45) is -2.59. The maximum atomic E-state index is 13.5. The number of aromatic nitrogens is 2. The molecule has 2 aromatic carbocycles. The van der Waals surface area contributed by atoms with Gasteiger partial charge in [0.15, 0.2) is 0 Å². The molecule has 0 bridgehead atoms. The number of alkyl halides is 3. The highest BCUT2D eigenvalue weighted by molar-refractivity contribution is 5.94. The largest absolute Gasteiger partial charge is 0.496 e. The van der Waals surface area contributed by atoms with Gasteiger partial charge in [-0.3, -0.25) is 9.89 Å². The fourth-order valence-corrected chi connectivity index (χ4v) is 3.90. The minimum atomic E-state index is -4.60. The number of aliphatic hydroxyl groups is 1. The van der Waals surface area contributed by atoms with Gasteiger partial charge in [-0.2, -0.15) is 18.3 Å². The lowest BCUT2D eigenvalue weighted by molar-refractivity contribution is -0.139. The van der Waals surface area contributed by atoms with Gasteiger partial charge < -0.3 is 19.9 Å². The number of carbonyl (C=O) groups excluding carboxylic acids is 1. The van der Waals surface area contributed by atoms with Crippen LogP contribution in [-0.4, -0.2) is 34.9 Å². The summed E-state index contributed by atoms with van der Waals surface area (Å²) in [5, 5.41) is 18.5. The van der Waals surface area contributed by atoms with E-state index in [0.717, 1.165) is 17.2 Å². The molecule has 0 spiro atoms. The molecule has 0 saturated heterocycles. The van der Waals surface area contributed by atoms with Crippen molar-refractivity contribution in [1.29, 1.82) is 0 Å². The number of hydrogen-bond donors (Lipinski definition) is 3. The van der Waals surface area contributed by atoms with Crippen LogP contribution in [0, 0.1) is 0 Å². The van der Waals surface area contributed by atoms with Gasteiger partial charge in [0.2, 0.25) is 5.91 Å². The second-order valence-electron chi connectivity index (χ2n) is 7.67. The molecule has 3 N–H and O–H groups in total. The van der Waals surface area contributed by atoms with Crippen molar-refractivity contribution in [3.63, 3.8) is 0 Å². The van der Waals surface area contributed by atoms with Crippen molar-refractivity contribution in [2.24, 2.45) is 0 Å². The van der Waals surface area contributed by atoms with E-state index in [9.17, 15) is 18.0 Å². The molecule has 0 saturated carbocycles. The van der Waals surface area contributed by atoms with Crippen LogP contribution in [-0.2, 0) is 24.0 Å². The average molecular weight is 461 g/mol. The molecular formula is C23H22F3N3O4. The Kier molecular flexibility index (Phi) is 6.28. The number of amides is 1. The van der Waals surface area contributed by atoms with Gasteiger partial charge in [0.05, 0.1) is 18.9 Å². The molecule has 1 aliphatic rings. The van der Waals surface area contributed by atoms with E-state index in [2.05, 4.69) is 15.5 Å². The fourth-order valence-electron chi connectivity index (χ4n) is 3.90. The Labute approximate surface area is 187 Å². The first kappa shape index (κ1) is 22.7. The van der Waals surface area contributed by atoms with Crippen molar-refractivity contribution in [1.82, 2.24) is 10.2 Å². The molecule has 1 aliphatic heterocycles. The van der Waals surface area contributed by atoms with Crippen LogP contribution in [0.25, 0.3) is 0 Å². The number of ether oxygens (including phenoxy) is 2. The van der Waals surface area contributed by atoms with Gasteiger partial charge in [0.1, 0.15) is 23.9 Å². The summed E-state index contributed by atoms with van der Waals surface area (Å²) < 4.78 is 51.5. The van der Waals surface area contributed by atoms with Gasteiger partial charge >= 0.3 is 6.18 Å². The molecule has 2 heterocycles. The lowest BCUT2D eigenvalue weighted by Gasteiger charge is -2.23. The summed E-state index contributed by atoms with van der Waals surface area (Å²) in [5.74, 6) is 0.308. The second-order valence-corrected chi connectivity index (χ2v) is 7.67. The summed E-state index contributed by atoms with van der Waals surface area (Å²) in [6.45, 7) is -0.391. The zero-order chi connectivity index (χ0) is 23.6. The third-order valence-corrected chi connectivity index (χ3v) is 5.54. The van der Waals surface area contributed by atoms with Crippen LogP contribution in [0.1, 0.15) is 40.2 Å². The molecule has 0 radical (unpaired) electrons. The van der Waals surface area contributed by atoms with Crippen molar-refractivity contribution in [3.05, 3.63) is 70.4 Å². The standard InChI is InChI=1S/C23H22F3N3O4/c1-32-20-9-14(16-10-21(31)28-22-17(16)11-27-29-22)3-4-15(20)12-33-19-5-2-13(6-7-30)8-18(19)23(24,25)26/h2-5,8-9,11,16,30H,6-7,10,12H2,1H3,(H2,27,28,29,31). The van der Waals surface area contributed by atoms with Crippen LogP contribution >= 0.6 is 0 Å². The number of rotatable bonds is 7. The Hall–Kier alpha value is -3.53. The van der Waals surface area contributed by atoms with E-state index >= 15 is 0 Å². The van der Waals surface area contributed by atoms with Crippen molar-refractivity contribution >= 4 is 11.7 Å². The van der Waals surface area contributed by atoms with Crippen LogP contribution in [0.3, 0.4) is 0 Å². The van der Waals surface area contributed by atoms with E-state index < -0.39 is 11.7 Å². The monoisotopic (exact) mass is 461 g/mol. The van der Waals surface area contributed by atoms with E-state index in [4.69, 9.17) is 14.6 Å². The van der Waals surface area contributed by atoms with Crippen molar-refractivity contribution in [3.8, 4) is 11.5 Å². The van der Waals surface area contributed by atoms with Crippen LogP contribution < -0.4 is 14.8 Å². The summed E-state index contributed by atoms with van der Waals surface area (Å²) in [6, 6.07) is 9.02. The van der Waals surface area contributed by atoms with Crippen molar-refractivity contribution in [2.45, 2.75) is 31.5 Å². The Morgan fingerprint density at radius 3 is 2.73 bits per heavy atom. The van der Waals surface area contributed by atoms with Gasteiger partial charge in [0.25, 0.3) is 0 Å². The first-order valence-corrected chi connectivity index (χ1v) is 10.2. The summed E-state index contributed by atoms with van der Waals surface area (Å²) in [5.41, 5.74) is 1.69. The summed E-state index contributed by atoms with van der Waals surface area (Å²) >= 11 is 0. The minimum Gasteiger partial charge on any atom is -0.496 e. The Bertz CT molecular complexity index is 1160.